The summed E-state index contributed by atoms with van der Waals surface area (Å²) in [5.74, 6) is 0.0530. The minimum Gasteiger partial charge on any atom is -0.507 e. The molecular weight excluding hydrogens is 434 g/mol. The van der Waals surface area contributed by atoms with E-state index in [1.54, 1.807) is 12.1 Å². The molecule has 1 aliphatic rings. The number of carbonyl (C=O) groups is 1. The summed E-state index contributed by atoms with van der Waals surface area (Å²) in [6.07, 6.45) is 0.746. The van der Waals surface area contributed by atoms with Crippen molar-refractivity contribution in [2.75, 3.05) is 19.8 Å². The van der Waals surface area contributed by atoms with Crippen LogP contribution in [-0.2, 0) is 4.74 Å². The van der Waals surface area contributed by atoms with E-state index in [9.17, 15) is 9.90 Å². The van der Waals surface area contributed by atoms with Crippen LogP contribution in [0.3, 0.4) is 0 Å². The number of para-hydroxylation sites is 1. The molecule has 1 amide bonds. The number of benzene rings is 2. The number of nitrogens with one attached hydrogen (secondary N) is 1. The lowest BCUT2D eigenvalue weighted by atomic mass is 9.96. The van der Waals surface area contributed by atoms with Gasteiger partial charge in [-0.1, -0.05) is 40.2 Å². The van der Waals surface area contributed by atoms with Gasteiger partial charge in [0.2, 0.25) is 0 Å². The average Bonchev–Trinajstić information content (AvgIpc) is 3.26. The second kappa shape index (κ2) is 8.39. The number of hydrogen-bond acceptors (Lipinski definition) is 4. The van der Waals surface area contributed by atoms with E-state index in [-0.39, 0.29) is 17.7 Å². The second-order valence-corrected chi connectivity index (χ2v) is 7.80. The van der Waals surface area contributed by atoms with Crippen molar-refractivity contribution >= 4 is 21.8 Å². The van der Waals surface area contributed by atoms with Crippen LogP contribution in [0.5, 0.6) is 5.75 Å². The van der Waals surface area contributed by atoms with Gasteiger partial charge in [-0.15, -0.1) is 0 Å². The van der Waals surface area contributed by atoms with E-state index in [0.29, 0.717) is 36.7 Å². The number of fused-ring (bicyclic) bond motifs is 1. The first-order valence-electron chi connectivity index (χ1n) is 9.62. The molecule has 0 saturated carbocycles. The predicted octanol–water partition coefficient (Wildman–Crippen LogP) is 4.52. The van der Waals surface area contributed by atoms with Gasteiger partial charge in [-0.2, -0.15) is 5.10 Å². The smallest absolute Gasteiger partial charge is 0.273 e. The Balaban J connectivity index is 1.78. The summed E-state index contributed by atoms with van der Waals surface area (Å²) >= 11 is 3.48. The molecule has 0 fully saturated rings. The zero-order valence-corrected chi connectivity index (χ0v) is 17.6. The molecule has 1 unspecified atom stereocenters. The van der Waals surface area contributed by atoms with Gasteiger partial charge >= 0.3 is 0 Å². The number of halogens is 1. The largest absolute Gasteiger partial charge is 0.507 e. The highest BCUT2D eigenvalue weighted by atomic mass is 79.9. The number of aromatic nitrogens is 2. The highest BCUT2D eigenvalue weighted by Gasteiger charge is 2.42. The van der Waals surface area contributed by atoms with Gasteiger partial charge in [-0.05, 0) is 43.2 Å². The van der Waals surface area contributed by atoms with Crippen molar-refractivity contribution in [3.05, 3.63) is 69.8 Å². The molecule has 1 atom stereocenters. The van der Waals surface area contributed by atoms with Crippen LogP contribution in [0.1, 0.15) is 41.0 Å². The van der Waals surface area contributed by atoms with Crippen LogP contribution in [0.25, 0.3) is 11.3 Å². The highest BCUT2D eigenvalue weighted by molar-refractivity contribution is 9.10. The Morgan fingerprint density at radius 1 is 1.21 bits per heavy atom. The Labute approximate surface area is 177 Å². The summed E-state index contributed by atoms with van der Waals surface area (Å²) in [6.45, 7) is 3.79. The van der Waals surface area contributed by atoms with Gasteiger partial charge in [0, 0.05) is 35.4 Å². The summed E-state index contributed by atoms with van der Waals surface area (Å²) in [5, 5.41) is 17.7. The Morgan fingerprint density at radius 3 is 2.69 bits per heavy atom. The van der Waals surface area contributed by atoms with Crippen LogP contribution in [0.2, 0.25) is 0 Å². The van der Waals surface area contributed by atoms with Crippen LogP contribution in [0.15, 0.2) is 53.0 Å². The van der Waals surface area contributed by atoms with Gasteiger partial charge in [0.1, 0.15) is 17.1 Å². The SMILES string of the molecule is CCOCCCN1C(=O)c2[nH]nc(-c3ccccc3O)c2C1c1ccc(Br)cc1. The summed E-state index contributed by atoms with van der Waals surface area (Å²) in [5.41, 5.74) is 3.49. The van der Waals surface area contributed by atoms with Gasteiger partial charge < -0.3 is 14.7 Å². The Kier molecular flexibility index (Phi) is 5.69. The average molecular weight is 456 g/mol. The molecule has 7 heteroatoms. The van der Waals surface area contributed by atoms with Crippen molar-refractivity contribution in [3.8, 4) is 17.0 Å². The maximum atomic E-state index is 13.2. The van der Waals surface area contributed by atoms with Crippen LogP contribution < -0.4 is 0 Å². The number of aromatic amines is 1. The third kappa shape index (κ3) is 3.68. The van der Waals surface area contributed by atoms with E-state index in [0.717, 1.165) is 22.0 Å². The molecular formula is C22H22BrN3O3. The highest BCUT2D eigenvalue weighted by Crippen LogP contribution is 2.44. The standard InChI is InChI=1S/C22H22BrN3O3/c1-2-29-13-5-12-26-21(14-8-10-15(23)11-9-14)18-19(24-25-20(18)22(26)28)16-6-3-4-7-17(16)27/h3-4,6-11,21,27H,2,5,12-13H2,1H3,(H,24,25). The topological polar surface area (TPSA) is 78.5 Å². The molecule has 2 aromatic carbocycles. The maximum absolute atomic E-state index is 13.2. The first-order valence-corrected chi connectivity index (χ1v) is 10.4. The number of nitrogens with zero attached hydrogens (tertiary/aromatic N) is 2. The van der Waals surface area contributed by atoms with Gasteiger partial charge in [0.25, 0.3) is 5.91 Å². The lowest BCUT2D eigenvalue weighted by Gasteiger charge is -2.26. The maximum Gasteiger partial charge on any atom is 0.273 e. The van der Waals surface area contributed by atoms with Crippen molar-refractivity contribution in [2.45, 2.75) is 19.4 Å². The molecule has 0 saturated heterocycles. The number of ether oxygens (including phenoxy) is 1. The lowest BCUT2D eigenvalue weighted by molar-refractivity contribution is 0.0710. The third-order valence-electron chi connectivity index (χ3n) is 5.10. The normalized spacial score (nSPS) is 15.7. The van der Waals surface area contributed by atoms with Gasteiger partial charge in [0.05, 0.1) is 6.04 Å². The van der Waals surface area contributed by atoms with E-state index in [1.807, 2.05) is 48.2 Å². The third-order valence-corrected chi connectivity index (χ3v) is 5.63. The van der Waals surface area contributed by atoms with Crippen molar-refractivity contribution in [2.24, 2.45) is 0 Å². The van der Waals surface area contributed by atoms with E-state index in [4.69, 9.17) is 4.74 Å². The van der Waals surface area contributed by atoms with Gasteiger partial charge in [-0.3, -0.25) is 9.89 Å². The summed E-state index contributed by atoms with van der Waals surface area (Å²) in [4.78, 5) is 15.0. The summed E-state index contributed by atoms with van der Waals surface area (Å²) < 4.78 is 6.43. The minimum atomic E-state index is -0.277. The van der Waals surface area contributed by atoms with E-state index in [2.05, 4.69) is 26.1 Å². The molecule has 1 aliphatic heterocycles. The first-order chi connectivity index (χ1) is 14.1. The predicted molar refractivity (Wildman–Crippen MR) is 114 cm³/mol. The molecule has 2 N–H and O–H groups in total. The van der Waals surface area contributed by atoms with Crippen LogP contribution in [-0.4, -0.2) is 45.9 Å². The number of aromatic hydroxyl groups is 1. The van der Waals surface area contributed by atoms with Crippen LogP contribution in [0, 0.1) is 0 Å². The Bertz CT molecular complexity index is 1020. The Hall–Kier alpha value is -2.64. The van der Waals surface area contributed by atoms with Gasteiger partial charge in [-0.25, -0.2) is 0 Å². The fraction of sp³-hybridized carbons (Fsp3) is 0.273. The lowest BCUT2D eigenvalue weighted by Crippen LogP contribution is -2.31. The summed E-state index contributed by atoms with van der Waals surface area (Å²) in [7, 11) is 0. The molecule has 0 aliphatic carbocycles. The molecule has 3 aromatic rings. The number of phenolic OH excluding ortho intramolecular Hbond substituents is 1. The van der Waals surface area contributed by atoms with E-state index >= 15 is 0 Å². The molecule has 0 spiro atoms. The fourth-order valence-corrected chi connectivity index (χ4v) is 4.04. The molecule has 1 aromatic heterocycles. The fourth-order valence-electron chi connectivity index (χ4n) is 3.78. The van der Waals surface area contributed by atoms with E-state index in [1.165, 1.54) is 0 Å². The minimum absolute atomic E-state index is 0.0846. The number of hydrogen-bond donors (Lipinski definition) is 2. The molecule has 0 radical (unpaired) electrons. The molecule has 150 valence electrons. The molecule has 29 heavy (non-hydrogen) atoms. The molecule has 2 heterocycles. The van der Waals surface area contributed by atoms with E-state index < -0.39 is 0 Å². The first kappa shape index (κ1) is 19.7. The molecule has 6 nitrogen and oxygen atoms in total. The number of rotatable bonds is 7. The van der Waals surface area contributed by atoms with Crippen molar-refractivity contribution < 1.29 is 14.6 Å². The van der Waals surface area contributed by atoms with Crippen molar-refractivity contribution in [3.63, 3.8) is 0 Å². The zero-order valence-electron chi connectivity index (χ0n) is 16.1. The number of H-pyrrole nitrogens is 1. The zero-order chi connectivity index (χ0) is 20.4. The molecule has 4 rings (SSSR count). The number of amides is 1. The quantitative estimate of drug-likeness (QED) is 0.513. The Morgan fingerprint density at radius 2 is 1.97 bits per heavy atom. The van der Waals surface area contributed by atoms with Crippen LogP contribution >= 0.6 is 15.9 Å². The van der Waals surface area contributed by atoms with Gasteiger partial charge in [0.15, 0.2) is 0 Å². The van der Waals surface area contributed by atoms with Crippen molar-refractivity contribution in [1.82, 2.24) is 15.1 Å². The second-order valence-electron chi connectivity index (χ2n) is 6.88. The summed E-state index contributed by atoms with van der Waals surface area (Å²) in [6, 6.07) is 14.7. The number of phenols is 1. The number of carbonyl (C=O) groups excluding carboxylic acids is 1. The monoisotopic (exact) mass is 455 g/mol. The van der Waals surface area contributed by atoms with Crippen LogP contribution in [0.4, 0.5) is 0 Å². The molecule has 0 bridgehead atoms. The van der Waals surface area contributed by atoms with Crippen molar-refractivity contribution in [1.29, 1.82) is 0 Å².